The molecule has 0 aliphatic rings. The van der Waals surface area contributed by atoms with Crippen molar-refractivity contribution in [2.45, 2.75) is 6.92 Å². The molecule has 0 unspecified atom stereocenters. The molecule has 1 amide bonds. The zero-order chi connectivity index (χ0) is 12.6. The van der Waals surface area contributed by atoms with E-state index in [0.717, 1.165) is 0 Å². The fourth-order valence-corrected chi connectivity index (χ4v) is 2.04. The fourth-order valence-electron chi connectivity index (χ4n) is 1.78. The molecule has 2 rings (SSSR count). The average molecular weight is 252 g/mol. The number of carbonyl (C=O) groups is 1. The first-order valence-electron chi connectivity index (χ1n) is 4.88. The highest BCUT2D eigenvalue weighted by molar-refractivity contribution is 6.35. The summed E-state index contributed by atoms with van der Waals surface area (Å²) in [6, 6.07) is 5.72. The summed E-state index contributed by atoms with van der Waals surface area (Å²) in [6.45, 7) is 1.64. The molecule has 6 heteroatoms. The second-order valence-electron chi connectivity index (χ2n) is 3.57. The van der Waals surface area contributed by atoms with Crippen LogP contribution in [0.25, 0.3) is 10.9 Å². The van der Waals surface area contributed by atoms with E-state index in [2.05, 4.69) is 0 Å². The lowest BCUT2D eigenvalue weighted by Gasteiger charge is -2.13. The number of hydrogen-bond acceptors (Lipinski definition) is 3. The summed E-state index contributed by atoms with van der Waals surface area (Å²) < 4.78 is 1.28. The molecule has 0 fully saturated rings. The highest BCUT2D eigenvalue weighted by Crippen LogP contribution is 2.21. The number of nitrogens with zero attached hydrogens (tertiary/aromatic N) is 1. The normalized spacial score (nSPS) is 10.5. The quantitative estimate of drug-likeness (QED) is 0.422. The number of pyridine rings is 1. The molecule has 0 saturated heterocycles. The lowest BCUT2D eigenvalue weighted by Crippen LogP contribution is -2.36. The van der Waals surface area contributed by atoms with Gasteiger partial charge in [0.25, 0.3) is 0 Å². The molecular weight excluding hydrogens is 242 g/mol. The SMILES string of the molecule is Cc1cc(=O)c2cccc(Cl)c2n1C(=O)NN. The second kappa shape index (κ2) is 4.20. The van der Waals surface area contributed by atoms with Gasteiger partial charge in [-0.1, -0.05) is 17.7 Å². The van der Waals surface area contributed by atoms with Crippen molar-refractivity contribution in [2.75, 3.05) is 0 Å². The monoisotopic (exact) mass is 251 g/mol. The second-order valence-corrected chi connectivity index (χ2v) is 3.98. The van der Waals surface area contributed by atoms with E-state index in [1.165, 1.54) is 10.6 Å². The van der Waals surface area contributed by atoms with E-state index in [4.69, 9.17) is 17.4 Å². The summed E-state index contributed by atoms with van der Waals surface area (Å²) in [5, 5.41) is 0.707. The Hall–Kier alpha value is -1.85. The number of hydrazine groups is 1. The van der Waals surface area contributed by atoms with Crippen LogP contribution in [0.2, 0.25) is 5.02 Å². The predicted octanol–water partition coefficient (Wildman–Crippen LogP) is 1.39. The van der Waals surface area contributed by atoms with Crippen molar-refractivity contribution in [3.63, 3.8) is 0 Å². The van der Waals surface area contributed by atoms with Crippen LogP contribution in [0.5, 0.6) is 0 Å². The zero-order valence-electron chi connectivity index (χ0n) is 9.03. The van der Waals surface area contributed by atoms with Crippen molar-refractivity contribution in [2.24, 2.45) is 5.84 Å². The molecule has 1 aromatic heterocycles. The first kappa shape index (κ1) is 11.6. The van der Waals surface area contributed by atoms with Gasteiger partial charge < -0.3 is 0 Å². The first-order chi connectivity index (χ1) is 8.06. The number of carbonyl (C=O) groups excluding carboxylic acids is 1. The molecule has 0 aliphatic heterocycles. The fraction of sp³-hybridized carbons (Fsp3) is 0.0909. The number of halogens is 1. The summed E-state index contributed by atoms with van der Waals surface area (Å²) in [7, 11) is 0. The van der Waals surface area contributed by atoms with Gasteiger partial charge >= 0.3 is 6.03 Å². The Bertz CT molecular complexity index is 664. The minimum Gasteiger partial charge on any atom is -0.289 e. The number of fused-ring (bicyclic) bond motifs is 1. The molecule has 0 bridgehead atoms. The maximum Gasteiger partial charge on any atom is 0.340 e. The zero-order valence-corrected chi connectivity index (χ0v) is 9.78. The van der Waals surface area contributed by atoms with E-state index in [1.807, 2.05) is 5.43 Å². The number of para-hydroxylation sites is 1. The van der Waals surface area contributed by atoms with E-state index in [1.54, 1.807) is 25.1 Å². The molecule has 0 aliphatic carbocycles. The van der Waals surface area contributed by atoms with Crippen LogP contribution in [-0.2, 0) is 0 Å². The molecule has 0 saturated carbocycles. The number of nitrogens with one attached hydrogen (secondary N) is 1. The van der Waals surface area contributed by atoms with Crippen LogP contribution < -0.4 is 16.7 Å². The molecule has 3 N–H and O–H groups in total. The van der Waals surface area contributed by atoms with Gasteiger partial charge in [-0.3, -0.25) is 14.8 Å². The van der Waals surface area contributed by atoms with Gasteiger partial charge in [-0.25, -0.2) is 10.6 Å². The van der Waals surface area contributed by atoms with Gasteiger partial charge in [0.15, 0.2) is 5.43 Å². The molecule has 5 nitrogen and oxygen atoms in total. The summed E-state index contributed by atoms with van der Waals surface area (Å²) in [5.41, 5.74) is 2.68. The Kier molecular flexibility index (Phi) is 2.87. The largest absolute Gasteiger partial charge is 0.340 e. The Balaban J connectivity index is 3.01. The number of amides is 1. The minimum absolute atomic E-state index is 0.180. The molecule has 0 atom stereocenters. The van der Waals surface area contributed by atoms with Crippen molar-refractivity contribution in [3.8, 4) is 0 Å². The maximum atomic E-state index is 11.8. The first-order valence-corrected chi connectivity index (χ1v) is 5.26. The van der Waals surface area contributed by atoms with Crippen molar-refractivity contribution in [1.82, 2.24) is 9.99 Å². The number of hydrogen-bond donors (Lipinski definition) is 2. The van der Waals surface area contributed by atoms with Crippen LogP contribution >= 0.6 is 11.6 Å². The summed E-state index contributed by atoms with van der Waals surface area (Å²) in [5.74, 6) is 5.11. The number of benzene rings is 1. The number of aromatic nitrogens is 1. The van der Waals surface area contributed by atoms with E-state index in [0.29, 0.717) is 21.6 Å². The Morgan fingerprint density at radius 3 is 2.82 bits per heavy atom. The van der Waals surface area contributed by atoms with Gasteiger partial charge in [0, 0.05) is 17.1 Å². The van der Waals surface area contributed by atoms with Crippen LogP contribution in [-0.4, -0.2) is 10.6 Å². The summed E-state index contributed by atoms with van der Waals surface area (Å²) >= 11 is 6.03. The van der Waals surface area contributed by atoms with Gasteiger partial charge in [-0.2, -0.15) is 0 Å². The summed E-state index contributed by atoms with van der Waals surface area (Å²) in [6.07, 6.45) is 0. The Labute approximate surface area is 102 Å². The van der Waals surface area contributed by atoms with Crippen molar-refractivity contribution in [1.29, 1.82) is 0 Å². The van der Waals surface area contributed by atoms with Gasteiger partial charge in [0.05, 0.1) is 10.5 Å². The number of aryl methyl sites for hydroxylation is 1. The number of nitrogens with two attached hydrogens (primary N) is 1. The predicted molar refractivity (Wildman–Crippen MR) is 66.1 cm³/mol. The number of nitrogen functional groups attached to an aromatic ring is 1. The third kappa shape index (κ3) is 1.79. The molecule has 1 heterocycles. The molecule has 17 heavy (non-hydrogen) atoms. The van der Waals surface area contributed by atoms with Gasteiger partial charge in [-0.05, 0) is 19.1 Å². The highest BCUT2D eigenvalue weighted by Gasteiger charge is 2.13. The van der Waals surface area contributed by atoms with Gasteiger partial charge in [-0.15, -0.1) is 0 Å². The molecule has 88 valence electrons. The van der Waals surface area contributed by atoms with E-state index in [9.17, 15) is 9.59 Å². The van der Waals surface area contributed by atoms with E-state index >= 15 is 0 Å². The Morgan fingerprint density at radius 2 is 2.18 bits per heavy atom. The molecule has 0 radical (unpaired) electrons. The third-order valence-corrected chi connectivity index (χ3v) is 2.80. The molecule has 1 aromatic carbocycles. The molecular formula is C11H10ClN3O2. The topological polar surface area (TPSA) is 77.1 Å². The van der Waals surface area contributed by atoms with Crippen LogP contribution in [0, 0.1) is 6.92 Å². The maximum absolute atomic E-state index is 11.8. The lowest BCUT2D eigenvalue weighted by molar-refractivity contribution is 0.243. The molecule has 2 aromatic rings. The van der Waals surface area contributed by atoms with Crippen molar-refractivity contribution >= 4 is 28.5 Å². The van der Waals surface area contributed by atoms with Crippen LogP contribution in [0.3, 0.4) is 0 Å². The van der Waals surface area contributed by atoms with Crippen molar-refractivity contribution in [3.05, 3.63) is 45.2 Å². The average Bonchev–Trinajstić information content (AvgIpc) is 2.30. The van der Waals surface area contributed by atoms with Crippen molar-refractivity contribution < 1.29 is 4.79 Å². The standard InChI is InChI=1S/C11H10ClN3O2/c1-6-5-9(16)7-3-2-4-8(12)10(7)15(6)11(17)14-13/h2-5H,13H2,1H3,(H,14,17). The molecule has 0 spiro atoms. The highest BCUT2D eigenvalue weighted by atomic mass is 35.5. The van der Waals surface area contributed by atoms with Crippen LogP contribution in [0.4, 0.5) is 4.79 Å². The van der Waals surface area contributed by atoms with E-state index < -0.39 is 6.03 Å². The van der Waals surface area contributed by atoms with Gasteiger partial charge in [0.1, 0.15) is 0 Å². The number of rotatable bonds is 0. The third-order valence-electron chi connectivity index (χ3n) is 2.50. The lowest BCUT2D eigenvalue weighted by atomic mass is 10.2. The minimum atomic E-state index is -0.541. The van der Waals surface area contributed by atoms with Gasteiger partial charge in [0.2, 0.25) is 0 Å². The van der Waals surface area contributed by atoms with Crippen LogP contribution in [0.1, 0.15) is 5.69 Å². The van der Waals surface area contributed by atoms with Crippen LogP contribution in [0.15, 0.2) is 29.1 Å². The summed E-state index contributed by atoms with van der Waals surface area (Å²) in [4.78, 5) is 23.5. The smallest absolute Gasteiger partial charge is 0.289 e. The van der Waals surface area contributed by atoms with E-state index in [-0.39, 0.29) is 5.43 Å². The Morgan fingerprint density at radius 1 is 1.47 bits per heavy atom.